The average Bonchev–Trinajstić information content (AvgIpc) is 2.89. The Labute approximate surface area is 121 Å². The van der Waals surface area contributed by atoms with E-state index in [0.29, 0.717) is 19.1 Å². The molecule has 20 heavy (non-hydrogen) atoms. The van der Waals surface area contributed by atoms with Crippen LogP contribution in [0, 0.1) is 6.92 Å². The Hall–Kier alpha value is -1.39. The predicted molar refractivity (Wildman–Crippen MR) is 81.6 cm³/mol. The first-order valence-corrected chi connectivity index (χ1v) is 7.27. The summed E-state index contributed by atoms with van der Waals surface area (Å²) in [4.78, 5) is 16.3. The molecule has 2 rings (SSSR count). The molecule has 1 aliphatic heterocycles. The van der Waals surface area contributed by atoms with Crippen LogP contribution in [0.4, 0.5) is 0 Å². The van der Waals surface area contributed by atoms with Crippen molar-refractivity contribution in [3.8, 4) is 0 Å². The minimum atomic E-state index is 0.197. The standard InChI is InChI=1S/C16H25N3O/c1-13-4-6-14(7-5-13)10-18(3)16(20)12-19-9-8-15(11-19)17-2/h4-7,15,17H,8-12H2,1-3H3. The van der Waals surface area contributed by atoms with Crippen LogP contribution in [0.15, 0.2) is 24.3 Å². The van der Waals surface area contributed by atoms with Crippen molar-refractivity contribution in [1.29, 1.82) is 0 Å². The summed E-state index contributed by atoms with van der Waals surface area (Å²) in [6, 6.07) is 8.89. The number of likely N-dealkylation sites (tertiary alicyclic amines) is 1. The van der Waals surface area contributed by atoms with Gasteiger partial charge in [-0.15, -0.1) is 0 Å². The summed E-state index contributed by atoms with van der Waals surface area (Å²) in [7, 11) is 3.87. The Morgan fingerprint density at radius 3 is 2.70 bits per heavy atom. The van der Waals surface area contributed by atoms with Crippen molar-refractivity contribution in [1.82, 2.24) is 15.1 Å². The lowest BCUT2D eigenvalue weighted by Gasteiger charge is -2.21. The van der Waals surface area contributed by atoms with Crippen LogP contribution in [0.5, 0.6) is 0 Å². The fourth-order valence-electron chi connectivity index (χ4n) is 2.58. The Morgan fingerprint density at radius 1 is 1.40 bits per heavy atom. The highest BCUT2D eigenvalue weighted by Crippen LogP contribution is 2.10. The molecular weight excluding hydrogens is 250 g/mol. The minimum absolute atomic E-state index is 0.197. The van der Waals surface area contributed by atoms with Gasteiger partial charge >= 0.3 is 0 Å². The smallest absolute Gasteiger partial charge is 0.236 e. The molecule has 110 valence electrons. The first kappa shape index (κ1) is 15.0. The summed E-state index contributed by atoms with van der Waals surface area (Å²) in [5, 5.41) is 3.27. The Kier molecular flexibility index (Phi) is 5.15. The van der Waals surface area contributed by atoms with Crippen molar-refractivity contribution in [3.63, 3.8) is 0 Å². The third-order valence-corrected chi connectivity index (χ3v) is 4.01. The summed E-state index contributed by atoms with van der Waals surface area (Å²) in [5.41, 5.74) is 2.43. The lowest BCUT2D eigenvalue weighted by Crippen LogP contribution is -2.38. The SMILES string of the molecule is CNC1CCN(CC(=O)N(C)Cc2ccc(C)cc2)C1. The summed E-state index contributed by atoms with van der Waals surface area (Å²) < 4.78 is 0. The molecule has 1 aromatic rings. The van der Waals surface area contributed by atoms with Crippen LogP contribution >= 0.6 is 0 Å². The van der Waals surface area contributed by atoms with Gasteiger partial charge in [-0.1, -0.05) is 29.8 Å². The van der Waals surface area contributed by atoms with Crippen molar-refractivity contribution in [3.05, 3.63) is 35.4 Å². The number of hydrogen-bond acceptors (Lipinski definition) is 3. The highest BCUT2D eigenvalue weighted by atomic mass is 16.2. The summed E-state index contributed by atoms with van der Waals surface area (Å²) in [5.74, 6) is 0.197. The van der Waals surface area contributed by atoms with Crippen molar-refractivity contribution >= 4 is 5.91 Å². The molecular formula is C16H25N3O. The van der Waals surface area contributed by atoms with Gasteiger partial charge in [0.2, 0.25) is 5.91 Å². The van der Waals surface area contributed by atoms with E-state index in [1.54, 1.807) is 0 Å². The molecule has 0 saturated carbocycles. The Bertz CT molecular complexity index is 444. The van der Waals surface area contributed by atoms with E-state index in [0.717, 1.165) is 19.5 Å². The molecule has 0 spiro atoms. The van der Waals surface area contributed by atoms with Gasteiger partial charge in [-0.25, -0.2) is 0 Å². The van der Waals surface area contributed by atoms with Crippen LogP contribution in [-0.4, -0.2) is 55.5 Å². The lowest BCUT2D eigenvalue weighted by molar-refractivity contribution is -0.131. The number of amides is 1. The van der Waals surface area contributed by atoms with E-state index in [2.05, 4.69) is 41.4 Å². The molecule has 0 bridgehead atoms. The number of likely N-dealkylation sites (N-methyl/N-ethyl adjacent to an activating group) is 2. The molecule has 1 atom stereocenters. The van der Waals surface area contributed by atoms with E-state index in [4.69, 9.17) is 0 Å². The van der Waals surface area contributed by atoms with E-state index in [1.807, 2.05) is 19.0 Å². The Balaban J connectivity index is 1.81. The monoisotopic (exact) mass is 275 g/mol. The summed E-state index contributed by atoms with van der Waals surface area (Å²) in [6.07, 6.45) is 1.13. The van der Waals surface area contributed by atoms with Crippen LogP contribution in [0.3, 0.4) is 0 Å². The van der Waals surface area contributed by atoms with E-state index < -0.39 is 0 Å². The second-order valence-electron chi connectivity index (χ2n) is 5.74. The molecule has 1 aromatic carbocycles. The van der Waals surface area contributed by atoms with Crippen molar-refractivity contribution in [2.24, 2.45) is 0 Å². The highest BCUT2D eigenvalue weighted by molar-refractivity contribution is 5.78. The van der Waals surface area contributed by atoms with Crippen LogP contribution in [0.25, 0.3) is 0 Å². The number of benzene rings is 1. The predicted octanol–water partition coefficient (Wildman–Crippen LogP) is 1.25. The van der Waals surface area contributed by atoms with Crippen LogP contribution < -0.4 is 5.32 Å². The van der Waals surface area contributed by atoms with Gasteiger partial charge in [0, 0.05) is 32.7 Å². The molecule has 1 heterocycles. The molecule has 4 nitrogen and oxygen atoms in total. The zero-order valence-electron chi connectivity index (χ0n) is 12.7. The van der Waals surface area contributed by atoms with Gasteiger partial charge < -0.3 is 10.2 Å². The van der Waals surface area contributed by atoms with Crippen LogP contribution in [0.1, 0.15) is 17.5 Å². The Morgan fingerprint density at radius 2 is 2.10 bits per heavy atom. The molecule has 1 fully saturated rings. The molecule has 0 radical (unpaired) electrons. The number of aryl methyl sites for hydroxylation is 1. The number of carbonyl (C=O) groups is 1. The van der Waals surface area contributed by atoms with E-state index in [1.165, 1.54) is 11.1 Å². The van der Waals surface area contributed by atoms with Gasteiger partial charge in [0.25, 0.3) is 0 Å². The van der Waals surface area contributed by atoms with Gasteiger partial charge in [0.05, 0.1) is 6.54 Å². The normalized spacial score (nSPS) is 19.2. The van der Waals surface area contributed by atoms with Gasteiger partial charge in [0.15, 0.2) is 0 Å². The number of nitrogens with zero attached hydrogens (tertiary/aromatic N) is 2. The maximum absolute atomic E-state index is 12.2. The average molecular weight is 275 g/mol. The van der Waals surface area contributed by atoms with E-state index >= 15 is 0 Å². The lowest BCUT2D eigenvalue weighted by atomic mass is 10.1. The fourth-order valence-corrected chi connectivity index (χ4v) is 2.58. The van der Waals surface area contributed by atoms with Gasteiger partial charge in [-0.2, -0.15) is 0 Å². The molecule has 4 heteroatoms. The zero-order valence-corrected chi connectivity index (χ0v) is 12.7. The molecule has 0 aliphatic carbocycles. The first-order valence-electron chi connectivity index (χ1n) is 7.27. The number of hydrogen-bond donors (Lipinski definition) is 1. The maximum Gasteiger partial charge on any atom is 0.236 e. The third kappa shape index (κ3) is 4.05. The van der Waals surface area contributed by atoms with Gasteiger partial charge in [0.1, 0.15) is 0 Å². The molecule has 0 aromatic heterocycles. The first-order chi connectivity index (χ1) is 9.58. The topological polar surface area (TPSA) is 35.6 Å². The third-order valence-electron chi connectivity index (χ3n) is 4.01. The molecule has 1 N–H and O–H groups in total. The quantitative estimate of drug-likeness (QED) is 0.878. The second-order valence-corrected chi connectivity index (χ2v) is 5.74. The largest absolute Gasteiger partial charge is 0.340 e. The molecule has 1 unspecified atom stereocenters. The molecule has 1 amide bonds. The maximum atomic E-state index is 12.2. The van der Waals surface area contributed by atoms with Crippen molar-refractivity contribution in [2.75, 3.05) is 33.7 Å². The summed E-state index contributed by atoms with van der Waals surface area (Å²) in [6.45, 7) is 5.27. The van der Waals surface area contributed by atoms with Gasteiger partial charge in [-0.3, -0.25) is 9.69 Å². The summed E-state index contributed by atoms with van der Waals surface area (Å²) >= 11 is 0. The number of rotatable bonds is 5. The van der Waals surface area contributed by atoms with Crippen LogP contribution in [0.2, 0.25) is 0 Å². The van der Waals surface area contributed by atoms with E-state index in [-0.39, 0.29) is 5.91 Å². The fraction of sp³-hybridized carbons (Fsp3) is 0.562. The van der Waals surface area contributed by atoms with Crippen molar-refractivity contribution < 1.29 is 4.79 Å². The van der Waals surface area contributed by atoms with E-state index in [9.17, 15) is 4.79 Å². The van der Waals surface area contributed by atoms with Crippen molar-refractivity contribution in [2.45, 2.75) is 25.9 Å². The number of nitrogens with one attached hydrogen (secondary N) is 1. The molecule has 1 aliphatic rings. The zero-order chi connectivity index (χ0) is 14.5. The second kappa shape index (κ2) is 6.86. The van der Waals surface area contributed by atoms with Gasteiger partial charge in [-0.05, 0) is 26.0 Å². The van der Waals surface area contributed by atoms with Crippen LogP contribution in [-0.2, 0) is 11.3 Å². The molecule has 1 saturated heterocycles. The minimum Gasteiger partial charge on any atom is -0.340 e. The number of carbonyl (C=O) groups excluding carboxylic acids is 1. The highest BCUT2D eigenvalue weighted by Gasteiger charge is 2.23.